The first-order chi connectivity index (χ1) is 4.47. The van der Waals surface area contributed by atoms with Crippen molar-refractivity contribution in [1.82, 2.24) is 14.3 Å². The highest BCUT2D eigenvalue weighted by Crippen LogP contribution is 2.08. The van der Waals surface area contributed by atoms with Gasteiger partial charge in [0.1, 0.15) is 17.4 Å². The molecule has 0 aromatic carbocycles. The van der Waals surface area contributed by atoms with Gasteiger partial charge in [-0.15, -0.1) is 0 Å². The second kappa shape index (κ2) is 1.73. The minimum absolute atomic E-state index is 0.877. The molecular formula is C5H3N3S. The second-order valence-electron chi connectivity index (χ2n) is 1.61. The predicted octanol–water partition coefficient (Wildman–Crippen LogP) is 1.09. The lowest BCUT2D eigenvalue weighted by Crippen LogP contribution is -1.74. The standard InChI is InChI=1S/C5H3N3S/c1-4-5(2-9-8-4)7-3-6-1/h1-3H. The van der Waals surface area contributed by atoms with Crippen molar-refractivity contribution in [2.45, 2.75) is 0 Å². The van der Waals surface area contributed by atoms with Crippen LogP contribution in [-0.4, -0.2) is 14.3 Å². The van der Waals surface area contributed by atoms with Crippen molar-refractivity contribution >= 4 is 22.6 Å². The average molecular weight is 137 g/mol. The third-order valence-electron chi connectivity index (χ3n) is 1.04. The maximum absolute atomic E-state index is 4.04. The summed E-state index contributed by atoms with van der Waals surface area (Å²) in [6.07, 6.45) is 3.23. The first kappa shape index (κ1) is 4.81. The van der Waals surface area contributed by atoms with Crippen LogP contribution in [0.25, 0.3) is 11.0 Å². The molecule has 2 aromatic heterocycles. The van der Waals surface area contributed by atoms with Crippen LogP contribution < -0.4 is 0 Å². The van der Waals surface area contributed by atoms with Gasteiger partial charge in [0.15, 0.2) is 0 Å². The van der Waals surface area contributed by atoms with Gasteiger partial charge in [0, 0.05) is 5.38 Å². The largest absolute Gasteiger partial charge is 0.242 e. The molecule has 0 atom stereocenters. The molecule has 2 rings (SSSR count). The molecule has 0 spiro atoms. The van der Waals surface area contributed by atoms with Gasteiger partial charge in [-0.05, 0) is 11.5 Å². The van der Waals surface area contributed by atoms with E-state index in [4.69, 9.17) is 0 Å². The molecule has 0 fully saturated rings. The Labute approximate surface area is 55.6 Å². The Morgan fingerprint density at radius 1 is 1.33 bits per heavy atom. The molecular weight excluding hydrogens is 134 g/mol. The summed E-state index contributed by atoms with van der Waals surface area (Å²) in [6, 6.07) is 0. The van der Waals surface area contributed by atoms with Crippen LogP contribution in [0.5, 0.6) is 0 Å². The molecule has 0 aliphatic heterocycles. The summed E-state index contributed by atoms with van der Waals surface area (Å²) < 4.78 is 4.04. The number of aromatic nitrogens is 3. The summed E-state index contributed by atoms with van der Waals surface area (Å²) in [7, 11) is 0. The third-order valence-corrected chi connectivity index (χ3v) is 1.67. The molecule has 0 aliphatic rings. The minimum Gasteiger partial charge on any atom is -0.242 e. The number of hydrogen-bond acceptors (Lipinski definition) is 4. The van der Waals surface area contributed by atoms with Crippen molar-refractivity contribution in [1.29, 1.82) is 0 Å². The monoisotopic (exact) mass is 137 g/mol. The normalized spacial score (nSPS) is 10.2. The fraction of sp³-hybridized carbons (Fsp3) is 0. The van der Waals surface area contributed by atoms with Crippen LogP contribution in [0.3, 0.4) is 0 Å². The Bertz CT molecular complexity index is 286. The van der Waals surface area contributed by atoms with E-state index in [1.165, 1.54) is 17.9 Å². The molecule has 44 valence electrons. The van der Waals surface area contributed by atoms with Gasteiger partial charge < -0.3 is 0 Å². The summed E-state index contributed by atoms with van der Waals surface area (Å²) in [6.45, 7) is 0. The van der Waals surface area contributed by atoms with Gasteiger partial charge in [-0.2, -0.15) is 4.37 Å². The lowest BCUT2D eigenvalue weighted by molar-refractivity contribution is 1.22. The zero-order valence-electron chi connectivity index (χ0n) is 4.48. The first-order valence-corrected chi connectivity index (χ1v) is 3.30. The second-order valence-corrected chi connectivity index (χ2v) is 2.24. The molecule has 0 unspecified atom stereocenters. The Hall–Kier alpha value is -1.03. The fourth-order valence-electron chi connectivity index (χ4n) is 0.626. The quantitative estimate of drug-likeness (QED) is 0.545. The van der Waals surface area contributed by atoms with Gasteiger partial charge in [0.2, 0.25) is 0 Å². The molecule has 2 heterocycles. The summed E-state index contributed by atoms with van der Waals surface area (Å²) in [5.74, 6) is 0. The van der Waals surface area contributed by atoms with Crippen molar-refractivity contribution in [2.75, 3.05) is 0 Å². The van der Waals surface area contributed by atoms with Gasteiger partial charge in [0.05, 0.1) is 6.20 Å². The third kappa shape index (κ3) is 0.675. The highest BCUT2D eigenvalue weighted by atomic mass is 32.1. The van der Waals surface area contributed by atoms with E-state index in [0.717, 1.165) is 11.0 Å². The molecule has 2 aromatic rings. The van der Waals surface area contributed by atoms with Crippen LogP contribution >= 0.6 is 11.5 Å². The molecule has 0 bridgehead atoms. The van der Waals surface area contributed by atoms with Crippen LogP contribution in [0, 0.1) is 0 Å². The van der Waals surface area contributed by atoms with Gasteiger partial charge in [-0.3, -0.25) is 0 Å². The molecule has 0 radical (unpaired) electrons. The molecule has 0 N–H and O–H groups in total. The zero-order chi connectivity index (χ0) is 6.10. The number of nitrogens with zero attached hydrogens (tertiary/aromatic N) is 3. The van der Waals surface area contributed by atoms with Crippen LogP contribution in [0.1, 0.15) is 0 Å². The highest BCUT2D eigenvalue weighted by Gasteiger charge is 1.92. The zero-order valence-corrected chi connectivity index (χ0v) is 5.30. The Balaban J connectivity index is 2.95. The van der Waals surface area contributed by atoms with E-state index in [1.807, 2.05) is 5.38 Å². The van der Waals surface area contributed by atoms with Gasteiger partial charge in [0.25, 0.3) is 0 Å². The van der Waals surface area contributed by atoms with Crippen LogP contribution in [-0.2, 0) is 0 Å². The maximum Gasteiger partial charge on any atom is 0.121 e. The summed E-state index contributed by atoms with van der Waals surface area (Å²) in [5, 5.41) is 1.90. The summed E-state index contributed by atoms with van der Waals surface area (Å²) >= 11 is 1.40. The van der Waals surface area contributed by atoms with E-state index in [0.29, 0.717) is 0 Å². The van der Waals surface area contributed by atoms with E-state index in [1.54, 1.807) is 6.20 Å². The van der Waals surface area contributed by atoms with Crippen molar-refractivity contribution in [3.8, 4) is 0 Å². The van der Waals surface area contributed by atoms with E-state index >= 15 is 0 Å². The van der Waals surface area contributed by atoms with E-state index < -0.39 is 0 Å². The molecule has 0 aliphatic carbocycles. The predicted molar refractivity (Wildman–Crippen MR) is 35.2 cm³/mol. The fourth-order valence-corrected chi connectivity index (χ4v) is 1.21. The Morgan fingerprint density at radius 3 is 3.22 bits per heavy atom. The van der Waals surface area contributed by atoms with Crippen LogP contribution in [0.4, 0.5) is 0 Å². The average Bonchev–Trinajstić information content (AvgIpc) is 2.33. The van der Waals surface area contributed by atoms with Crippen LogP contribution in [0.2, 0.25) is 0 Å². The van der Waals surface area contributed by atoms with Crippen molar-refractivity contribution < 1.29 is 0 Å². The molecule has 0 saturated carbocycles. The number of fused-ring (bicyclic) bond motifs is 1. The van der Waals surface area contributed by atoms with Crippen LogP contribution in [0.15, 0.2) is 17.9 Å². The number of rotatable bonds is 0. The van der Waals surface area contributed by atoms with Crippen molar-refractivity contribution in [3.05, 3.63) is 17.9 Å². The lowest BCUT2D eigenvalue weighted by Gasteiger charge is -1.79. The summed E-state index contributed by atoms with van der Waals surface area (Å²) in [5.41, 5.74) is 1.80. The topological polar surface area (TPSA) is 38.7 Å². The van der Waals surface area contributed by atoms with Crippen molar-refractivity contribution in [2.24, 2.45) is 0 Å². The molecule has 4 heteroatoms. The van der Waals surface area contributed by atoms with Crippen molar-refractivity contribution in [3.63, 3.8) is 0 Å². The molecule has 3 nitrogen and oxygen atoms in total. The van der Waals surface area contributed by atoms with E-state index in [2.05, 4.69) is 14.3 Å². The minimum atomic E-state index is 0.877. The lowest BCUT2D eigenvalue weighted by atomic mass is 10.5. The Kier molecular flexibility index (Phi) is 0.927. The Morgan fingerprint density at radius 2 is 2.33 bits per heavy atom. The highest BCUT2D eigenvalue weighted by molar-refractivity contribution is 7.04. The van der Waals surface area contributed by atoms with E-state index in [-0.39, 0.29) is 0 Å². The SMILES string of the molecule is c1ncc2nscc2n1. The molecule has 9 heavy (non-hydrogen) atoms. The first-order valence-electron chi connectivity index (χ1n) is 2.47. The molecule has 0 saturated heterocycles. The number of hydrogen-bond donors (Lipinski definition) is 0. The summed E-state index contributed by atoms with van der Waals surface area (Å²) in [4.78, 5) is 7.80. The van der Waals surface area contributed by atoms with E-state index in [9.17, 15) is 0 Å². The van der Waals surface area contributed by atoms with Gasteiger partial charge in [-0.1, -0.05) is 0 Å². The molecule has 0 amide bonds. The smallest absolute Gasteiger partial charge is 0.121 e. The maximum atomic E-state index is 4.04. The van der Waals surface area contributed by atoms with Gasteiger partial charge >= 0.3 is 0 Å². The van der Waals surface area contributed by atoms with Gasteiger partial charge in [-0.25, -0.2) is 9.97 Å².